The van der Waals surface area contributed by atoms with Crippen LogP contribution in [0.5, 0.6) is 11.5 Å². The fourth-order valence-corrected chi connectivity index (χ4v) is 2.47. The second-order valence-corrected chi connectivity index (χ2v) is 5.29. The van der Waals surface area contributed by atoms with E-state index < -0.39 is 5.91 Å². The molecule has 2 rings (SSSR count). The molecule has 0 bridgehead atoms. The molecule has 0 aliphatic rings. The summed E-state index contributed by atoms with van der Waals surface area (Å²) in [5.74, 6) is 0.257. The molecule has 1 aromatic heterocycles. The van der Waals surface area contributed by atoms with Gasteiger partial charge in [-0.1, -0.05) is 11.6 Å². The predicted octanol–water partition coefficient (Wildman–Crippen LogP) is 2.30. The lowest BCUT2D eigenvalue weighted by atomic mass is 10.2. The first kappa shape index (κ1) is 18.5. The molecule has 2 aromatic rings. The van der Waals surface area contributed by atoms with Gasteiger partial charge in [0.2, 0.25) is 0 Å². The van der Waals surface area contributed by atoms with Crippen molar-refractivity contribution >= 4 is 23.7 Å². The van der Waals surface area contributed by atoms with E-state index in [4.69, 9.17) is 21.1 Å². The minimum Gasteiger partial charge on any atom is -0.493 e. The Labute approximate surface area is 149 Å². The number of carbonyl (C=O) groups excluding carboxylic acids is 1. The highest BCUT2D eigenvalue weighted by molar-refractivity contribution is 6.34. The number of carbonyl (C=O) groups is 1. The Kier molecular flexibility index (Phi) is 6.19. The average Bonchev–Trinajstić information content (AvgIpc) is 2.62. The number of nitrogens with zero attached hydrogens (tertiary/aromatic N) is 2. The zero-order chi connectivity index (χ0) is 18.4. The summed E-state index contributed by atoms with van der Waals surface area (Å²) in [6.07, 6.45) is 2.98. The van der Waals surface area contributed by atoms with Gasteiger partial charge in [0.15, 0.2) is 11.5 Å². The zero-order valence-corrected chi connectivity index (χ0v) is 14.8. The van der Waals surface area contributed by atoms with E-state index in [1.165, 1.54) is 31.1 Å². The minimum atomic E-state index is -0.597. The van der Waals surface area contributed by atoms with Crippen LogP contribution in [-0.2, 0) is 6.54 Å². The topological polar surface area (TPSA) is 81.9 Å². The first-order valence-electron chi connectivity index (χ1n) is 7.46. The zero-order valence-electron chi connectivity index (χ0n) is 14.1. The van der Waals surface area contributed by atoms with Gasteiger partial charge < -0.3 is 14.0 Å². The highest BCUT2D eigenvalue weighted by atomic mass is 35.5. The number of ether oxygens (including phenoxy) is 2. The number of aryl methyl sites for hydroxylation is 1. The maximum atomic E-state index is 12.1. The number of nitrogens with one attached hydrogen (secondary N) is 1. The largest absolute Gasteiger partial charge is 0.493 e. The third-order valence-electron chi connectivity index (χ3n) is 3.49. The van der Waals surface area contributed by atoms with Crippen molar-refractivity contribution in [1.82, 2.24) is 9.99 Å². The minimum absolute atomic E-state index is 0.0138. The standard InChI is InChI=1S/C17H18ClN3O4/c1-4-21-9-5-6-12(17(21)23)16(22)20-19-10-11-7-8-13(24-2)15(25-3)14(11)18/h5-10H,4H2,1-3H3,(H,20,22)/b19-10-. The normalized spacial score (nSPS) is 10.7. The highest BCUT2D eigenvalue weighted by Gasteiger charge is 2.13. The van der Waals surface area contributed by atoms with E-state index in [2.05, 4.69) is 10.5 Å². The van der Waals surface area contributed by atoms with Crippen LogP contribution in [0.1, 0.15) is 22.8 Å². The number of hydrogen-bond donors (Lipinski definition) is 1. The molecule has 1 heterocycles. The molecule has 25 heavy (non-hydrogen) atoms. The summed E-state index contributed by atoms with van der Waals surface area (Å²) >= 11 is 6.23. The molecule has 0 aliphatic heterocycles. The van der Waals surface area contributed by atoms with Crippen molar-refractivity contribution in [1.29, 1.82) is 0 Å². The summed E-state index contributed by atoms with van der Waals surface area (Å²) in [4.78, 5) is 24.2. The number of benzene rings is 1. The van der Waals surface area contributed by atoms with Crippen molar-refractivity contribution in [2.45, 2.75) is 13.5 Å². The number of pyridine rings is 1. The summed E-state index contributed by atoms with van der Waals surface area (Å²) < 4.78 is 11.8. The molecule has 0 radical (unpaired) electrons. The molecule has 132 valence electrons. The molecule has 0 fully saturated rings. The van der Waals surface area contributed by atoms with E-state index in [0.717, 1.165) is 0 Å². The van der Waals surface area contributed by atoms with E-state index in [1.54, 1.807) is 24.4 Å². The maximum Gasteiger partial charge on any atom is 0.276 e. The SMILES string of the molecule is CCn1cccc(C(=O)N/N=C\c2ccc(OC)c(OC)c2Cl)c1=O. The maximum absolute atomic E-state index is 12.1. The Balaban J connectivity index is 2.19. The van der Waals surface area contributed by atoms with E-state index in [9.17, 15) is 9.59 Å². The molecule has 1 N–H and O–H groups in total. The van der Waals surface area contributed by atoms with Gasteiger partial charge in [-0.3, -0.25) is 9.59 Å². The first-order chi connectivity index (χ1) is 12.0. The molecular weight excluding hydrogens is 346 g/mol. The van der Waals surface area contributed by atoms with Gasteiger partial charge in [0.05, 0.1) is 25.5 Å². The van der Waals surface area contributed by atoms with Crippen molar-refractivity contribution < 1.29 is 14.3 Å². The van der Waals surface area contributed by atoms with E-state index >= 15 is 0 Å². The van der Waals surface area contributed by atoms with Gasteiger partial charge in [-0.2, -0.15) is 5.10 Å². The number of hydrogen-bond acceptors (Lipinski definition) is 5. The fraction of sp³-hybridized carbons (Fsp3) is 0.235. The van der Waals surface area contributed by atoms with Crippen LogP contribution in [0.3, 0.4) is 0 Å². The fourth-order valence-electron chi connectivity index (χ4n) is 2.18. The number of methoxy groups -OCH3 is 2. The lowest BCUT2D eigenvalue weighted by Gasteiger charge is -2.10. The lowest BCUT2D eigenvalue weighted by molar-refractivity contribution is 0.0953. The molecule has 1 aromatic carbocycles. The molecular formula is C17H18ClN3O4. The van der Waals surface area contributed by atoms with Crippen LogP contribution in [0.4, 0.5) is 0 Å². The smallest absolute Gasteiger partial charge is 0.276 e. The average molecular weight is 364 g/mol. The number of hydrazone groups is 1. The van der Waals surface area contributed by atoms with Gasteiger partial charge in [-0.05, 0) is 31.2 Å². The van der Waals surface area contributed by atoms with E-state index in [1.807, 2.05) is 6.92 Å². The molecule has 0 saturated heterocycles. The number of aromatic nitrogens is 1. The Morgan fingerprint density at radius 2 is 2.08 bits per heavy atom. The van der Waals surface area contributed by atoms with Crippen molar-refractivity contribution in [3.63, 3.8) is 0 Å². The molecule has 0 atom stereocenters. The van der Waals surface area contributed by atoms with Gasteiger partial charge in [0.25, 0.3) is 11.5 Å². The van der Waals surface area contributed by atoms with Crippen molar-refractivity contribution in [3.8, 4) is 11.5 Å². The second-order valence-electron chi connectivity index (χ2n) is 4.92. The molecule has 0 saturated carbocycles. The Bertz CT molecular complexity index is 861. The van der Waals surface area contributed by atoms with Crippen molar-refractivity contribution in [2.75, 3.05) is 14.2 Å². The van der Waals surface area contributed by atoms with Crippen LogP contribution in [0.25, 0.3) is 0 Å². The molecule has 7 nitrogen and oxygen atoms in total. The molecule has 8 heteroatoms. The molecule has 0 spiro atoms. The van der Waals surface area contributed by atoms with Gasteiger partial charge in [0, 0.05) is 18.3 Å². The predicted molar refractivity (Wildman–Crippen MR) is 96.0 cm³/mol. The van der Waals surface area contributed by atoms with Crippen LogP contribution >= 0.6 is 11.6 Å². The first-order valence-corrected chi connectivity index (χ1v) is 7.84. The Morgan fingerprint density at radius 3 is 2.72 bits per heavy atom. The quantitative estimate of drug-likeness (QED) is 0.630. The van der Waals surface area contributed by atoms with Crippen LogP contribution in [-0.4, -0.2) is 30.9 Å². The number of halogens is 1. The van der Waals surface area contributed by atoms with E-state index in [-0.39, 0.29) is 11.1 Å². The summed E-state index contributed by atoms with van der Waals surface area (Å²) in [5.41, 5.74) is 2.49. The molecule has 1 amide bonds. The highest BCUT2D eigenvalue weighted by Crippen LogP contribution is 2.36. The van der Waals surface area contributed by atoms with Crippen molar-refractivity contribution in [2.24, 2.45) is 5.10 Å². The summed E-state index contributed by atoms with van der Waals surface area (Å²) in [5, 5.41) is 4.15. The molecule has 0 aliphatic carbocycles. The van der Waals surface area contributed by atoms with Crippen molar-refractivity contribution in [3.05, 3.63) is 57.0 Å². The van der Waals surface area contributed by atoms with Gasteiger partial charge in [0.1, 0.15) is 5.56 Å². The van der Waals surface area contributed by atoms with Crippen LogP contribution in [0, 0.1) is 0 Å². The van der Waals surface area contributed by atoms with E-state index in [0.29, 0.717) is 28.6 Å². The Hall–Kier alpha value is -2.80. The van der Waals surface area contributed by atoms with Crippen LogP contribution < -0.4 is 20.5 Å². The number of amides is 1. The van der Waals surface area contributed by atoms with Crippen LogP contribution in [0.2, 0.25) is 5.02 Å². The van der Waals surface area contributed by atoms with Gasteiger partial charge in [-0.15, -0.1) is 0 Å². The second kappa shape index (κ2) is 8.34. The lowest BCUT2D eigenvalue weighted by Crippen LogP contribution is -2.30. The molecule has 0 unspecified atom stereocenters. The summed E-state index contributed by atoms with van der Waals surface area (Å²) in [6.45, 7) is 2.30. The summed E-state index contributed by atoms with van der Waals surface area (Å²) in [6, 6.07) is 6.42. The van der Waals surface area contributed by atoms with Gasteiger partial charge >= 0.3 is 0 Å². The Morgan fingerprint density at radius 1 is 1.32 bits per heavy atom. The third-order valence-corrected chi connectivity index (χ3v) is 3.88. The van der Waals surface area contributed by atoms with Gasteiger partial charge in [-0.25, -0.2) is 5.43 Å². The number of rotatable bonds is 6. The van der Waals surface area contributed by atoms with Crippen LogP contribution in [0.15, 0.2) is 40.4 Å². The monoisotopic (exact) mass is 363 g/mol. The third kappa shape index (κ3) is 4.00. The summed E-state index contributed by atoms with van der Waals surface area (Å²) in [7, 11) is 2.98.